The van der Waals surface area contributed by atoms with Crippen molar-refractivity contribution in [1.82, 2.24) is 4.98 Å². The average Bonchev–Trinajstić information content (AvgIpc) is 2.56. The molecule has 0 radical (unpaired) electrons. The Balaban J connectivity index is 2.38. The molecule has 0 aliphatic rings. The van der Waals surface area contributed by atoms with Gasteiger partial charge in [-0.25, -0.2) is 8.78 Å². The van der Waals surface area contributed by atoms with Gasteiger partial charge >= 0.3 is 5.97 Å². The van der Waals surface area contributed by atoms with E-state index in [-0.39, 0.29) is 12.8 Å². The lowest BCUT2D eigenvalue weighted by molar-refractivity contribution is -0.155. The molecule has 0 spiro atoms. The fourth-order valence-corrected chi connectivity index (χ4v) is 3.58. The van der Waals surface area contributed by atoms with Crippen LogP contribution in [-0.2, 0) is 16.0 Å². The van der Waals surface area contributed by atoms with Gasteiger partial charge in [0.25, 0.3) is 0 Å². The first-order valence-electron chi connectivity index (χ1n) is 9.80. The van der Waals surface area contributed by atoms with Gasteiger partial charge in [0, 0.05) is 28.2 Å². The molecule has 7 heteroatoms. The molecular formula is C24H26BrF2NO3. The summed E-state index contributed by atoms with van der Waals surface area (Å²) in [6.45, 7) is 8.46. The van der Waals surface area contributed by atoms with Crippen LogP contribution in [0.1, 0.15) is 63.8 Å². The molecule has 1 heterocycles. The predicted molar refractivity (Wildman–Crippen MR) is 118 cm³/mol. The van der Waals surface area contributed by atoms with E-state index >= 15 is 0 Å². The zero-order chi connectivity index (χ0) is 23.4. The van der Waals surface area contributed by atoms with Crippen LogP contribution in [0.4, 0.5) is 8.78 Å². The van der Waals surface area contributed by atoms with Gasteiger partial charge in [0.1, 0.15) is 22.8 Å². The highest BCUT2D eigenvalue weighted by Crippen LogP contribution is 2.31. The van der Waals surface area contributed by atoms with Crippen LogP contribution in [0.5, 0.6) is 0 Å². The molecule has 4 nitrogen and oxygen atoms in total. The average molecular weight is 494 g/mol. The Morgan fingerprint density at radius 1 is 1.16 bits per heavy atom. The maximum Gasteiger partial charge on any atom is 0.306 e. The van der Waals surface area contributed by atoms with E-state index in [1.807, 2.05) is 0 Å². The second kappa shape index (κ2) is 9.88. The summed E-state index contributed by atoms with van der Waals surface area (Å²) in [5.41, 5.74) is -0.278. The minimum Gasteiger partial charge on any atom is -0.460 e. The van der Waals surface area contributed by atoms with Crippen LogP contribution in [-0.4, -0.2) is 27.3 Å². The number of aromatic nitrogens is 1. The van der Waals surface area contributed by atoms with Crippen LogP contribution < -0.4 is 0 Å². The van der Waals surface area contributed by atoms with Gasteiger partial charge in [-0.15, -0.1) is 0 Å². The number of aliphatic hydroxyl groups is 1. The quantitative estimate of drug-likeness (QED) is 0.453. The molecule has 1 N–H and O–H groups in total. The molecule has 166 valence electrons. The Bertz CT molecular complexity index is 994. The van der Waals surface area contributed by atoms with Gasteiger partial charge in [-0.3, -0.25) is 9.78 Å². The van der Waals surface area contributed by atoms with E-state index in [1.54, 1.807) is 40.7 Å². The number of carbonyl (C=O) groups is 1. The summed E-state index contributed by atoms with van der Waals surface area (Å²) >= 11 is 3.47. The van der Waals surface area contributed by atoms with Crippen molar-refractivity contribution in [2.24, 2.45) is 0 Å². The standard InChI is InChI=1S/C24H26BrF2NO3/c1-23(2,3)31-21(29)12-17(8-16-9-18(26)13-19(27)10-16)22-20(25)11-15(14-28-22)6-7-24(4,5)30/h9-11,13-14,17,30H,8,12H2,1-5H3/t17-/m1/s1. The maximum absolute atomic E-state index is 13.7. The number of ether oxygens (including phenoxy) is 1. The summed E-state index contributed by atoms with van der Waals surface area (Å²) in [7, 11) is 0. The maximum atomic E-state index is 13.7. The molecule has 0 aliphatic carbocycles. The summed E-state index contributed by atoms with van der Waals surface area (Å²) in [5, 5.41) is 9.77. The monoisotopic (exact) mass is 493 g/mol. The lowest BCUT2D eigenvalue weighted by Gasteiger charge is -2.23. The van der Waals surface area contributed by atoms with Gasteiger partial charge in [-0.05, 0) is 80.7 Å². The van der Waals surface area contributed by atoms with Crippen molar-refractivity contribution in [1.29, 1.82) is 0 Å². The molecule has 0 bridgehead atoms. The predicted octanol–water partition coefficient (Wildman–Crippen LogP) is 5.30. The molecule has 1 aromatic heterocycles. The summed E-state index contributed by atoms with van der Waals surface area (Å²) in [5.74, 6) is 3.27. The molecule has 0 amide bonds. The van der Waals surface area contributed by atoms with Gasteiger partial charge in [-0.2, -0.15) is 0 Å². The molecule has 0 saturated carbocycles. The van der Waals surface area contributed by atoms with Gasteiger partial charge in [0.15, 0.2) is 0 Å². The van der Waals surface area contributed by atoms with E-state index < -0.39 is 34.7 Å². The number of benzene rings is 1. The smallest absolute Gasteiger partial charge is 0.306 e. The lowest BCUT2D eigenvalue weighted by Crippen LogP contribution is -2.25. The summed E-state index contributed by atoms with van der Waals surface area (Å²) in [6, 6.07) is 5.01. The van der Waals surface area contributed by atoms with E-state index in [0.717, 1.165) is 6.07 Å². The number of halogens is 3. The van der Waals surface area contributed by atoms with Crippen LogP contribution in [0.25, 0.3) is 0 Å². The molecular weight excluding hydrogens is 468 g/mol. The van der Waals surface area contributed by atoms with Crippen molar-refractivity contribution in [2.75, 3.05) is 0 Å². The zero-order valence-electron chi connectivity index (χ0n) is 18.2. The third-order valence-electron chi connectivity index (χ3n) is 4.01. The van der Waals surface area contributed by atoms with E-state index in [4.69, 9.17) is 4.74 Å². The molecule has 2 rings (SSSR count). The second-order valence-electron chi connectivity index (χ2n) is 8.87. The van der Waals surface area contributed by atoms with Gasteiger partial charge in [-0.1, -0.05) is 11.8 Å². The third kappa shape index (κ3) is 8.76. The van der Waals surface area contributed by atoms with E-state index in [0.29, 0.717) is 21.3 Å². The van der Waals surface area contributed by atoms with Crippen LogP contribution >= 0.6 is 15.9 Å². The van der Waals surface area contributed by atoms with Crippen molar-refractivity contribution in [2.45, 2.75) is 64.6 Å². The topological polar surface area (TPSA) is 59.4 Å². The number of hydrogen-bond acceptors (Lipinski definition) is 4. The Morgan fingerprint density at radius 2 is 1.77 bits per heavy atom. The fourth-order valence-electron chi connectivity index (χ4n) is 2.91. The number of esters is 1. The van der Waals surface area contributed by atoms with Crippen LogP contribution in [0.15, 0.2) is 34.9 Å². The number of hydrogen-bond donors (Lipinski definition) is 1. The van der Waals surface area contributed by atoms with Gasteiger partial charge in [0.05, 0.1) is 12.1 Å². The zero-order valence-corrected chi connectivity index (χ0v) is 19.8. The van der Waals surface area contributed by atoms with Crippen molar-refractivity contribution < 1.29 is 23.4 Å². The minimum absolute atomic E-state index is 0.0182. The molecule has 0 unspecified atom stereocenters. The Morgan fingerprint density at radius 3 is 2.29 bits per heavy atom. The SMILES string of the molecule is CC(C)(O)C#Cc1cnc([C@@H](CC(=O)OC(C)(C)C)Cc2cc(F)cc(F)c2)c(Br)c1. The summed E-state index contributed by atoms with van der Waals surface area (Å²) < 4.78 is 33.4. The minimum atomic E-state index is -1.15. The fraction of sp³-hybridized carbons (Fsp3) is 0.417. The second-order valence-corrected chi connectivity index (χ2v) is 9.72. The Kier molecular flexibility index (Phi) is 7.96. The van der Waals surface area contributed by atoms with Crippen molar-refractivity contribution in [3.63, 3.8) is 0 Å². The highest BCUT2D eigenvalue weighted by molar-refractivity contribution is 9.10. The Hall–Kier alpha value is -2.30. The lowest BCUT2D eigenvalue weighted by atomic mass is 9.92. The van der Waals surface area contributed by atoms with Gasteiger partial charge in [0.2, 0.25) is 0 Å². The number of pyridine rings is 1. The Labute approximate surface area is 190 Å². The highest BCUT2D eigenvalue weighted by Gasteiger charge is 2.25. The van der Waals surface area contributed by atoms with Gasteiger partial charge < -0.3 is 9.84 Å². The molecule has 0 aliphatic heterocycles. The van der Waals surface area contributed by atoms with Crippen molar-refractivity contribution >= 4 is 21.9 Å². The highest BCUT2D eigenvalue weighted by atomic mass is 79.9. The van der Waals surface area contributed by atoms with Crippen LogP contribution in [0.3, 0.4) is 0 Å². The molecule has 1 aromatic carbocycles. The third-order valence-corrected chi connectivity index (χ3v) is 4.64. The summed E-state index contributed by atoms with van der Waals surface area (Å²) in [4.78, 5) is 16.9. The van der Waals surface area contributed by atoms with Crippen LogP contribution in [0, 0.1) is 23.5 Å². The normalized spacial score (nSPS) is 12.7. The molecule has 0 fully saturated rings. The molecule has 1 atom stereocenters. The van der Waals surface area contributed by atoms with E-state index in [1.165, 1.54) is 18.3 Å². The number of nitrogens with zero attached hydrogens (tertiary/aromatic N) is 1. The first kappa shape index (κ1) is 25.0. The number of carbonyl (C=O) groups excluding carboxylic acids is 1. The summed E-state index contributed by atoms with van der Waals surface area (Å²) in [6.07, 6.45) is 1.71. The molecule has 31 heavy (non-hydrogen) atoms. The van der Waals surface area contributed by atoms with Crippen LogP contribution in [0.2, 0.25) is 0 Å². The van der Waals surface area contributed by atoms with E-state index in [9.17, 15) is 18.7 Å². The number of rotatable bonds is 5. The largest absolute Gasteiger partial charge is 0.460 e. The van der Waals surface area contributed by atoms with E-state index in [2.05, 4.69) is 32.8 Å². The van der Waals surface area contributed by atoms with Crippen molar-refractivity contribution in [3.8, 4) is 11.8 Å². The molecule has 0 saturated heterocycles. The molecule has 2 aromatic rings. The van der Waals surface area contributed by atoms with Crippen molar-refractivity contribution in [3.05, 3.63) is 63.4 Å². The first-order chi connectivity index (χ1) is 14.2. The first-order valence-corrected chi connectivity index (χ1v) is 10.6.